The molecule has 0 bridgehead atoms. The summed E-state index contributed by atoms with van der Waals surface area (Å²) >= 11 is 0. The lowest BCUT2D eigenvalue weighted by atomic mass is 10.1. The summed E-state index contributed by atoms with van der Waals surface area (Å²) in [6.45, 7) is 4.08. The molecule has 0 radical (unpaired) electrons. The lowest BCUT2D eigenvalue weighted by Crippen LogP contribution is -2.24. The summed E-state index contributed by atoms with van der Waals surface area (Å²) in [5.74, 6) is -1.04. The van der Waals surface area contributed by atoms with Crippen molar-refractivity contribution in [3.05, 3.63) is 53.6 Å². The number of hydrogen-bond donors (Lipinski definition) is 1. The molecule has 0 saturated heterocycles. The van der Waals surface area contributed by atoms with Crippen molar-refractivity contribution >= 4 is 38.5 Å². The van der Waals surface area contributed by atoms with E-state index in [2.05, 4.69) is 15.0 Å². The maximum atomic E-state index is 12.5. The molecule has 152 valence electrons. The van der Waals surface area contributed by atoms with E-state index in [1.807, 2.05) is 6.92 Å². The Kier molecular flexibility index (Phi) is 5.64. The molecule has 9 nitrogen and oxygen atoms in total. The van der Waals surface area contributed by atoms with Gasteiger partial charge in [0.05, 0.1) is 17.3 Å². The Morgan fingerprint density at radius 3 is 2.41 bits per heavy atom. The van der Waals surface area contributed by atoms with Gasteiger partial charge in [0.1, 0.15) is 5.52 Å². The summed E-state index contributed by atoms with van der Waals surface area (Å²) in [5, 5.41) is 8.01. The van der Waals surface area contributed by atoms with E-state index >= 15 is 0 Å². The van der Waals surface area contributed by atoms with Gasteiger partial charge >= 0.3 is 5.97 Å². The van der Waals surface area contributed by atoms with Crippen LogP contribution in [0.1, 0.15) is 34.6 Å². The van der Waals surface area contributed by atoms with E-state index in [9.17, 15) is 18.0 Å². The molecule has 10 heteroatoms. The number of fused-ring (bicyclic) bond motifs is 1. The highest BCUT2D eigenvalue weighted by Crippen LogP contribution is 2.17. The van der Waals surface area contributed by atoms with Gasteiger partial charge in [-0.2, -0.15) is 0 Å². The molecule has 29 heavy (non-hydrogen) atoms. The Bertz CT molecular complexity index is 1170. The second-order valence-corrected chi connectivity index (χ2v) is 8.22. The first kappa shape index (κ1) is 20.5. The average Bonchev–Trinajstić information content (AvgIpc) is 3.09. The van der Waals surface area contributed by atoms with Gasteiger partial charge in [-0.05, 0) is 56.3 Å². The molecule has 0 fully saturated rings. The van der Waals surface area contributed by atoms with Gasteiger partial charge in [-0.3, -0.25) is 9.52 Å². The molecule has 0 spiro atoms. The zero-order chi connectivity index (χ0) is 21.2. The second-order valence-electron chi connectivity index (χ2n) is 6.47. The summed E-state index contributed by atoms with van der Waals surface area (Å²) in [7, 11) is -3.40. The zero-order valence-corrected chi connectivity index (χ0v) is 16.9. The van der Waals surface area contributed by atoms with E-state index in [4.69, 9.17) is 4.74 Å². The number of carbonyl (C=O) groups excluding carboxylic acids is 2. The molecule has 0 amide bonds. The molecule has 1 heterocycles. The third-order valence-corrected chi connectivity index (χ3v) is 4.78. The summed E-state index contributed by atoms with van der Waals surface area (Å²) in [5.41, 5.74) is 2.27. The molecule has 2 aromatic carbocycles. The fourth-order valence-electron chi connectivity index (χ4n) is 2.77. The molecule has 3 aromatic rings. The van der Waals surface area contributed by atoms with Crippen LogP contribution in [0.4, 0.5) is 5.69 Å². The SMILES string of the molecule is CCn1nnc2cc(C(=O)OC(C)C(=O)c3ccc(NS(C)(=O)=O)cc3)ccc21. The number of Topliss-reactive ketones (excluding diaryl/α,β-unsaturated/α-hetero) is 1. The first-order valence-electron chi connectivity index (χ1n) is 8.84. The maximum absolute atomic E-state index is 12.5. The number of aromatic nitrogens is 3. The molecule has 0 aliphatic rings. The van der Waals surface area contributed by atoms with Crippen LogP contribution in [0.25, 0.3) is 11.0 Å². The molecule has 1 atom stereocenters. The number of rotatable bonds is 7. The molecule has 0 aliphatic heterocycles. The van der Waals surface area contributed by atoms with Crippen LogP contribution >= 0.6 is 0 Å². The van der Waals surface area contributed by atoms with Crippen LogP contribution in [-0.4, -0.2) is 47.5 Å². The van der Waals surface area contributed by atoms with Crippen LogP contribution in [0, 0.1) is 0 Å². The van der Waals surface area contributed by atoms with Crippen molar-refractivity contribution in [2.75, 3.05) is 11.0 Å². The normalized spacial score (nSPS) is 12.5. The van der Waals surface area contributed by atoms with Gasteiger partial charge in [0.25, 0.3) is 0 Å². The molecule has 1 N–H and O–H groups in total. The first-order chi connectivity index (χ1) is 13.7. The van der Waals surface area contributed by atoms with Crippen LogP contribution < -0.4 is 4.72 Å². The lowest BCUT2D eigenvalue weighted by molar-refractivity contribution is 0.0319. The van der Waals surface area contributed by atoms with E-state index in [-0.39, 0.29) is 5.56 Å². The Labute approximate surface area is 167 Å². The van der Waals surface area contributed by atoms with Crippen molar-refractivity contribution in [2.45, 2.75) is 26.5 Å². The molecular formula is C19H20N4O5S. The Balaban J connectivity index is 1.69. The van der Waals surface area contributed by atoms with Gasteiger partial charge < -0.3 is 4.74 Å². The van der Waals surface area contributed by atoms with Crippen molar-refractivity contribution < 1.29 is 22.7 Å². The Hall–Kier alpha value is -3.27. The number of aryl methyl sites for hydroxylation is 1. The topological polar surface area (TPSA) is 120 Å². The molecule has 1 unspecified atom stereocenters. The minimum Gasteiger partial charge on any atom is -0.451 e. The molecule has 0 aliphatic carbocycles. The van der Waals surface area contributed by atoms with Gasteiger partial charge in [0, 0.05) is 17.8 Å². The van der Waals surface area contributed by atoms with Gasteiger partial charge in [-0.1, -0.05) is 5.21 Å². The van der Waals surface area contributed by atoms with E-state index < -0.39 is 27.9 Å². The lowest BCUT2D eigenvalue weighted by Gasteiger charge is -2.13. The highest BCUT2D eigenvalue weighted by atomic mass is 32.2. The van der Waals surface area contributed by atoms with Gasteiger partial charge in [-0.25, -0.2) is 17.9 Å². The van der Waals surface area contributed by atoms with E-state index in [1.165, 1.54) is 31.2 Å². The fraction of sp³-hybridized carbons (Fsp3) is 0.263. The van der Waals surface area contributed by atoms with Gasteiger partial charge in [0.2, 0.25) is 15.8 Å². The Morgan fingerprint density at radius 2 is 1.79 bits per heavy atom. The third-order valence-electron chi connectivity index (χ3n) is 4.17. The number of ketones is 1. The molecule has 1 aromatic heterocycles. The van der Waals surface area contributed by atoms with Crippen LogP contribution in [0.15, 0.2) is 42.5 Å². The van der Waals surface area contributed by atoms with E-state index in [0.29, 0.717) is 23.3 Å². The predicted molar refractivity (Wildman–Crippen MR) is 107 cm³/mol. The minimum atomic E-state index is -3.40. The number of ether oxygens (including phenoxy) is 1. The number of carbonyl (C=O) groups is 2. The third kappa shape index (κ3) is 4.77. The number of anilines is 1. The highest BCUT2D eigenvalue weighted by molar-refractivity contribution is 7.92. The first-order valence-corrected chi connectivity index (χ1v) is 10.7. The second kappa shape index (κ2) is 8.00. The number of nitrogens with one attached hydrogen (secondary N) is 1. The van der Waals surface area contributed by atoms with E-state index in [1.54, 1.807) is 22.9 Å². The van der Waals surface area contributed by atoms with Crippen molar-refractivity contribution in [1.29, 1.82) is 0 Å². The number of benzene rings is 2. The molecular weight excluding hydrogens is 396 g/mol. The van der Waals surface area contributed by atoms with Crippen LogP contribution in [0.5, 0.6) is 0 Å². The summed E-state index contributed by atoms with van der Waals surface area (Å²) in [6, 6.07) is 10.8. The zero-order valence-electron chi connectivity index (χ0n) is 16.1. The monoisotopic (exact) mass is 416 g/mol. The summed E-state index contributed by atoms with van der Waals surface area (Å²) in [6.07, 6.45) is 0.0199. The number of esters is 1. The number of nitrogens with zero attached hydrogens (tertiary/aromatic N) is 3. The summed E-state index contributed by atoms with van der Waals surface area (Å²) in [4.78, 5) is 24.9. The van der Waals surface area contributed by atoms with Crippen LogP contribution in [0.3, 0.4) is 0 Å². The number of sulfonamides is 1. The molecule has 0 saturated carbocycles. The summed E-state index contributed by atoms with van der Waals surface area (Å²) < 4.78 is 31.8. The quantitative estimate of drug-likeness (QED) is 0.463. The van der Waals surface area contributed by atoms with Crippen molar-refractivity contribution in [1.82, 2.24) is 15.0 Å². The largest absolute Gasteiger partial charge is 0.451 e. The van der Waals surface area contributed by atoms with Crippen molar-refractivity contribution in [2.24, 2.45) is 0 Å². The standard InChI is InChI=1S/C19H20N4O5S/c1-4-23-17-10-7-14(11-16(17)20-22-23)19(25)28-12(2)18(24)13-5-8-15(9-6-13)21-29(3,26)27/h5-12,21H,4H2,1-3H3. The van der Waals surface area contributed by atoms with Gasteiger partial charge in [0.15, 0.2) is 6.10 Å². The highest BCUT2D eigenvalue weighted by Gasteiger charge is 2.21. The van der Waals surface area contributed by atoms with Crippen molar-refractivity contribution in [3.63, 3.8) is 0 Å². The predicted octanol–water partition coefficient (Wildman–Crippen LogP) is 2.25. The maximum Gasteiger partial charge on any atom is 0.338 e. The molecule has 3 rings (SSSR count). The van der Waals surface area contributed by atoms with Gasteiger partial charge in [-0.15, -0.1) is 5.10 Å². The van der Waals surface area contributed by atoms with Crippen LogP contribution in [-0.2, 0) is 21.3 Å². The average molecular weight is 416 g/mol. The number of hydrogen-bond acceptors (Lipinski definition) is 7. The smallest absolute Gasteiger partial charge is 0.338 e. The fourth-order valence-corrected chi connectivity index (χ4v) is 3.33. The van der Waals surface area contributed by atoms with Crippen molar-refractivity contribution in [3.8, 4) is 0 Å². The minimum absolute atomic E-state index is 0.271. The Morgan fingerprint density at radius 1 is 1.14 bits per heavy atom. The van der Waals surface area contributed by atoms with Crippen LogP contribution in [0.2, 0.25) is 0 Å². The van der Waals surface area contributed by atoms with E-state index in [0.717, 1.165) is 11.8 Å².